The molecule has 0 saturated heterocycles. The molecule has 3 N–H and O–H groups in total. The Bertz CT molecular complexity index is 652. The summed E-state index contributed by atoms with van der Waals surface area (Å²) in [7, 11) is 0. The van der Waals surface area contributed by atoms with Gasteiger partial charge in [-0.25, -0.2) is 14.6 Å². The average Bonchev–Trinajstić information content (AvgIpc) is 2.91. The van der Waals surface area contributed by atoms with Gasteiger partial charge in [0.1, 0.15) is 0 Å². The number of nitrogens with zero attached hydrogens (tertiary/aromatic N) is 1. The van der Waals surface area contributed by atoms with Crippen LogP contribution in [0.15, 0.2) is 29.6 Å². The minimum absolute atomic E-state index is 0.228. The molecule has 6 nitrogen and oxygen atoms in total. The highest BCUT2D eigenvalue weighted by molar-refractivity contribution is 7.09. The molecule has 0 atom stereocenters. The minimum atomic E-state index is -0.963. The quantitative estimate of drug-likeness (QED) is 0.761. The van der Waals surface area contributed by atoms with Gasteiger partial charge in [0.2, 0.25) is 0 Å². The molecule has 0 spiro atoms. The molecule has 0 bridgehead atoms. The molecule has 2 rings (SSSR count). The van der Waals surface area contributed by atoms with Gasteiger partial charge in [0.15, 0.2) is 0 Å². The number of carbonyl (C=O) groups excluding carboxylic acids is 1. The predicted molar refractivity (Wildman–Crippen MR) is 84.2 cm³/mol. The summed E-state index contributed by atoms with van der Waals surface area (Å²) in [6.45, 7) is 2.82. The second kappa shape index (κ2) is 7.56. The van der Waals surface area contributed by atoms with Crippen molar-refractivity contribution in [2.45, 2.75) is 19.9 Å². The number of aromatic carboxylic acids is 1. The van der Waals surface area contributed by atoms with Crippen molar-refractivity contribution in [2.24, 2.45) is 0 Å². The first-order valence-corrected chi connectivity index (χ1v) is 7.67. The Hall–Kier alpha value is -2.41. The highest BCUT2D eigenvalue weighted by Crippen LogP contribution is 2.07. The normalized spacial score (nSPS) is 10.2. The zero-order valence-corrected chi connectivity index (χ0v) is 12.9. The molecule has 0 aliphatic rings. The maximum atomic E-state index is 11.7. The Morgan fingerprint density at radius 3 is 2.55 bits per heavy atom. The van der Waals surface area contributed by atoms with Crippen molar-refractivity contribution in [2.75, 3.05) is 6.54 Å². The van der Waals surface area contributed by atoms with Gasteiger partial charge >= 0.3 is 12.0 Å². The maximum Gasteiger partial charge on any atom is 0.335 e. The average molecular weight is 319 g/mol. The second-order valence-corrected chi connectivity index (χ2v) is 5.78. The molecule has 0 aliphatic carbocycles. The number of benzene rings is 1. The molecule has 2 aromatic rings. The number of carboxylic acids is 1. The third-order valence-corrected chi connectivity index (χ3v) is 3.81. The van der Waals surface area contributed by atoms with Gasteiger partial charge in [-0.3, -0.25) is 0 Å². The lowest BCUT2D eigenvalue weighted by atomic mass is 10.1. The van der Waals surface area contributed by atoms with Crippen LogP contribution in [0, 0.1) is 6.92 Å². The summed E-state index contributed by atoms with van der Waals surface area (Å²) in [5.74, 6) is -0.963. The zero-order valence-electron chi connectivity index (χ0n) is 12.1. The van der Waals surface area contributed by atoms with E-state index in [9.17, 15) is 9.59 Å². The molecule has 7 heteroatoms. The predicted octanol–water partition coefficient (Wildman–Crippen LogP) is 2.19. The van der Waals surface area contributed by atoms with Gasteiger partial charge in [0.25, 0.3) is 0 Å². The van der Waals surface area contributed by atoms with Crippen molar-refractivity contribution in [1.82, 2.24) is 15.6 Å². The monoisotopic (exact) mass is 319 g/mol. The van der Waals surface area contributed by atoms with Crippen molar-refractivity contribution >= 4 is 23.3 Å². The lowest BCUT2D eigenvalue weighted by Gasteiger charge is -2.07. The summed E-state index contributed by atoms with van der Waals surface area (Å²) in [5, 5.41) is 17.3. The van der Waals surface area contributed by atoms with Crippen LogP contribution < -0.4 is 10.6 Å². The molecule has 2 amide bonds. The summed E-state index contributed by atoms with van der Waals surface area (Å²) in [4.78, 5) is 26.7. The molecule has 22 heavy (non-hydrogen) atoms. The van der Waals surface area contributed by atoms with Crippen molar-refractivity contribution in [3.63, 3.8) is 0 Å². The summed E-state index contributed by atoms with van der Waals surface area (Å²) in [6, 6.07) is 6.14. The van der Waals surface area contributed by atoms with Gasteiger partial charge in [0.05, 0.1) is 16.3 Å². The molecule has 1 aromatic carbocycles. The van der Waals surface area contributed by atoms with E-state index in [0.717, 1.165) is 16.3 Å². The standard InChI is InChI=1S/C15H17N3O3S/c1-10-18-13(9-22-10)6-7-16-15(21)17-8-11-2-4-12(5-3-11)14(19)20/h2-5,9H,6-8H2,1H3,(H,19,20)(H2,16,17,21). The fourth-order valence-electron chi connectivity index (χ4n) is 1.84. The number of thiazole rings is 1. The van der Waals surface area contributed by atoms with Gasteiger partial charge in [-0.15, -0.1) is 11.3 Å². The first kappa shape index (κ1) is 16.0. The Morgan fingerprint density at radius 2 is 1.95 bits per heavy atom. The lowest BCUT2D eigenvalue weighted by molar-refractivity contribution is 0.0697. The molecule has 0 saturated carbocycles. The zero-order chi connectivity index (χ0) is 15.9. The van der Waals surface area contributed by atoms with Gasteiger partial charge < -0.3 is 15.7 Å². The largest absolute Gasteiger partial charge is 0.478 e. The van der Waals surface area contributed by atoms with Gasteiger partial charge in [-0.1, -0.05) is 12.1 Å². The molecule has 1 heterocycles. The van der Waals surface area contributed by atoms with E-state index in [2.05, 4.69) is 15.6 Å². The number of nitrogens with one attached hydrogen (secondary N) is 2. The molecule has 0 fully saturated rings. The molecule has 1 aromatic heterocycles. The third kappa shape index (κ3) is 4.85. The summed E-state index contributed by atoms with van der Waals surface area (Å²) < 4.78 is 0. The van der Waals surface area contributed by atoms with Crippen molar-refractivity contribution in [3.8, 4) is 0 Å². The van der Waals surface area contributed by atoms with Crippen LogP contribution in [0.4, 0.5) is 4.79 Å². The topological polar surface area (TPSA) is 91.3 Å². The third-order valence-electron chi connectivity index (χ3n) is 2.99. The lowest BCUT2D eigenvalue weighted by Crippen LogP contribution is -2.36. The maximum absolute atomic E-state index is 11.7. The van der Waals surface area contributed by atoms with Crippen LogP contribution in [0.2, 0.25) is 0 Å². The molecular formula is C15H17N3O3S. The Labute approximate surface area is 132 Å². The molecule has 0 aliphatic heterocycles. The van der Waals surface area contributed by atoms with Gasteiger partial charge in [-0.2, -0.15) is 0 Å². The number of carbonyl (C=O) groups is 2. The summed E-state index contributed by atoms with van der Waals surface area (Å²) in [6.07, 6.45) is 0.699. The van der Waals surface area contributed by atoms with Crippen molar-refractivity contribution < 1.29 is 14.7 Å². The fraction of sp³-hybridized carbons (Fsp3) is 0.267. The summed E-state index contributed by atoms with van der Waals surface area (Å²) in [5.41, 5.74) is 2.05. The summed E-state index contributed by atoms with van der Waals surface area (Å²) >= 11 is 1.59. The van der Waals surface area contributed by atoms with Gasteiger partial charge in [0, 0.05) is 24.9 Å². The first-order chi connectivity index (χ1) is 10.5. The van der Waals surface area contributed by atoms with E-state index in [-0.39, 0.29) is 11.6 Å². The van der Waals surface area contributed by atoms with E-state index in [1.54, 1.807) is 23.5 Å². The van der Waals surface area contributed by atoms with Crippen molar-refractivity contribution in [1.29, 1.82) is 0 Å². The Kier molecular flexibility index (Phi) is 5.48. The van der Waals surface area contributed by atoms with Crippen LogP contribution in [0.5, 0.6) is 0 Å². The molecular weight excluding hydrogens is 302 g/mol. The number of aryl methyl sites for hydroxylation is 1. The van der Waals surface area contributed by atoms with Crippen LogP contribution in [-0.4, -0.2) is 28.6 Å². The number of aromatic nitrogens is 1. The first-order valence-electron chi connectivity index (χ1n) is 6.79. The number of hydrogen-bond donors (Lipinski definition) is 3. The van der Waals surface area contributed by atoms with E-state index in [4.69, 9.17) is 5.11 Å². The van der Waals surface area contributed by atoms with E-state index in [0.29, 0.717) is 19.5 Å². The van der Waals surface area contributed by atoms with E-state index in [1.807, 2.05) is 12.3 Å². The highest BCUT2D eigenvalue weighted by atomic mass is 32.1. The van der Waals surface area contributed by atoms with E-state index < -0.39 is 5.97 Å². The number of carboxylic acid groups (broad SMARTS) is 1. The van der Waals surface area contributed by atoms with Crippen LogP contribution in [0.25, 0.3) is 0 Å². The molecule has 0 unspecified atom stereocenters. The molecule has 116 valence electrons. The number of rotatable bonds is 6. The number of hydrogen-bond acceptors (Lipinski definition) is 4. The van der Waals surface area contributed by atoms with E-state index in [1.165, 1.54) is 12.1 Å². The SMILES string of the molecule is Cc1nc(CCNC(=O)NCc2ccc(C(=O)O)cc2)cs1. The number of urea groups is 1. The van der Waals surface area contributed by atoms with Crippen molar-refractivity contribution in [3.05, 3.63) is 51.5 Å². The van der Waals surface area contributed by atoms with Crippen LogP contribution in [-0.2, 0) is 13.0 Å². The smallest absolute Gasteiger partial charge is 0.335 e. The van der Waals surface area contributed by atoms with Crippen LogP contribution >= 0.6 is 11.3 Å². The fourth-order valence-corrected chi connectivity index (χ4v) is 2.48. The second-order valence-electron chi connectivity index (χ2n) is 4.72. The van der Waals surface area contributed by atoms with Gasteiger partial charge in [-0.05, 0) is 24.6 Å². The number of amides is 2. The highest BCUT2D eigenvalue weighted by Gasteiger charge is 2.04. The Balaban J connectivity index is 1.69. The Morgan fingerprint density at radius 1 is 1.23 bits per heavy atom. The molecule has 0 radical (unpaired) electrons. The minimum Gasteiger partial charge on any atom is -0.478 e. The van der Waals surface area contributed by atoms with E-state index >= 15 is 0 Å². The van der Waals surface area contributed by atoms with Crippen LogP contribution in [0.3, 0.4) is 0 Å². The van der Waals surface area contributed by atoms with Crippen LogP contribution in [0.1, 0.15) is 26.6 Å².